The largest absolute Gasteiger partial charge is 0.492 e. The van der Waals surface area contributed by atoms with Gasteiger partial charge < -0.3 is 19.5 Å². The summed E-state index contributed by atoms with van der Waals surface area (Å²) in [6, 6.07) is 5.38. The van der Waals surface area contributed by atoms with Crippen LogP contribution < -0.4 is 19.5 Å². The van der Waals surface area contributed by atoms with E-state index < -0.39 is 0 Å². The Hall–Kier alpha value is -2.70. The first-order chi connectivity index (χ1) is 10.8. The number of nitrogens with zero attached hydrogens (tertiary/aromatic N) is 2. The smallest absolute Gasteiger partial charge is 0.254 e. The number of aromatic nitrogens is 2. The molecule has 0 aliphatic carbocycles. The van der Waals surface area contributed by atoms with E-state index in [0.29, 0.717) is 36.0 Å². The molecule has 7 heteroatoms. The Kier molecular flexibility index (Phi) is 4.13. The number of rotatable bonds is 6. The molecule has 3 rings (SSSR count). The molecular formula is C15H17N3O4. The summed E-state index contributed by atoms with van der Waals surface area (Å²) in [6.45, 7) is 3.71. The molecule has 0 atom stereocenters. The van der Waals surface area contributed by atoms with Gasteiger partial charge in [0.1, 0.15) is 12.4 Å². The van der Waals surface area contributed by atoms with Crippen molar-refractivity contribution >= 4 is 5.91 Å². The van der Waals surface area contributed by atoms with Crippen LogP contribution in [-0.4, -0.2) is 35.6 Å². The molecular weight excluding hydrogens is 286 g/mol. The molecule has 116 valence electrons. The predicted octanol–water partition coefficient (Wildman–Crippen LogP) is 1.44. The minimum atomic E-state index is -0.158. The van der Waals surface area contributed by atoms with Crippen LogP contribution in [0, 0.1) is 0 Å². The highest BCUT2D eigenvalue weighted by Gasteiger charge is 2.13. The van der Waals surface area contributed by atoms with Gasteiger partial charge in [0.05, 0.1) is 18.3 Å². The molecule has 0 bridgehead atoms. The molecule has 1 aromatic carbocycles. The van der Waals surface area contributed by atoms with Crippen molar-refractivity contribution in [2.45, 2.75) is 13.5 Å². The van der Waals surface area contributed by atoms with Crippen molar-refractivity contribution in [2.24, 2.45) is 0 Å². The van der Waals surface area contributed by atoms with E-state index in [1.807, 2.05) is 6.92 Å². The molecule has 0 saturated heterocycles. The summed E-state index contributed by atoms with van der Waals surface area (Å²) in [5, 5.41) is 6.85. The van der Waals surface area contributed by atoms with Crippen molar-refractivity contribution in [3.63, 3.8) is 0 Å². The van der Waals surface area contributed by atoms with E-state index in [2.05, 4.69) is 10.4 Å². The van der Waals surface area contributed by atoms with Gasteiger partial charge in [0.15, 0.2) is 11.5 Å². The van der Waals surface area contributed by atoms with Gasteiger partial charge in [-0.25, -0.2) is 0 Å². The Bertz CT molecular complexity index is 669. The highest BCUT2D eigenvalue weighted by molar-refractivity contribution is 5.93. The van der Waals surface area contributed by atoms with Crippen LogP contribution >= 0.6 is 0 Å². The van der Waals surface area contributed by atoms with Crippen LogP contribution in [0.4, 0.5) is 0 Å². The zero-order valence-corrected chi connectivity index (χ0v) is 12.2. The zero-order chi connectivity index (χ0) is 15.4. The third kappa shape index (κ3) is 3.13. The van der Waals surface area contributed by atoms with Crippen molar-refractivity contribution in [2.75, 3.05) is 19.9 Å². The summed E-state index contributed by atoms with van der Waals surface area (Å²) in [5.74, 6) is 1.91. The maximum atomic E-state index is 11.9. The van der Waals surface area contributed by atoms with E-state index >= 15 is 0 Å². The maximum Gasteiger partial charge on any atom is 0.254 e. The fraction of sp³-hybridized carbons (Fsp3) is 0.333. The Morgan fingerprint density at radius 3 is 3.09 bits per heavy atom. The first kappa shape index (κ1) is 14.2. The molecule has 0 unspecified atom stereocenters. The van der Waals surface area contributed by atoms with Crippen LogP contribution in [-0.2, 0) is 6.54 Å². The van der Waals surface area contributed by atoms with Gasteiger partial charge in [0, 0.05) is 18.8 Å². The van der Waals surface area contributed by atoms with Crippen LogP contribution in [0.25, 0.3) is 0 Å². The maximum absolute atomic E-state index is 11.9. The predicted molar refractivity (Wildman–Crippen MR) is 78.3 cm³/mol. The van der Waals surface area contributed by atoms with Gasteiger partial charge in [-0.3, -0.25) is 9.48 Å². The highest BCUT2D eigenvalue weighted by Crippen LogP contribution is 2.34. The Balaban J connectivity index is 1.44. The molecule has 1 aliphatic rings. The summed E-state index contributed by atoms with van der Waals surface area (Å²) in [7, 11) is 0. The van der Waals surface area contributed by atoms with Crippen LogP contribution in [0.1, 0.15) is 17.3 Å². The number of hydrogen-bond donors (Lipinski definition) is 1. The second kappa shape index (κ2) is 6.38. The molecule has 7 nitrogen and oxygen atoms in total. The molecule has 0 fully saturated rings. The van der Waals surface area contributed by atoms with Crippen LogP contribution in [0.15, 0.2) is 30.6 Å². The van der Waals surface area contributed by atoms with E-state index in [1.54, 1.807) is 35.3 Å². The second-order valence-corrected chi connectivity index (χ2v) is 4.70. The molecule has 0 saturated carbocycles. The van der Waals surface area contributed by atoms with Crippen LogP contribution in [0.5, 0.6) is 17.2 Å². The van der Waals surface area contributed by atoms with Gasteiger partial charge in [-0.1, -0.05) is 0 Å². The minimum Gasteiger partial charge on any atom is -0.492 e. The molecule has 0 spiro atoms. The number of benzene rings is 1. The molecule has 1 amide bonds. The zero-order valence-electron chi connectivity index (χ0n) is 12.2. The first-order valence-corrected chi connectivity index (χ1v) is 7.09. The van der Waals surface area contributed by atoms with Crippen molar-refractivity contribution in [3.8, 4) is 17.2 Å². The number of hydrogen-bond acceptors (Lipinski definition) is 5. The number of carbonyl (C=O) groups is 1. The summed E-state index contributed by atoms with van der Waals surface area (Å²) in [6.07, 6.45) is 3.27. The number of ether oxygens (including phenoxy) is 3. The third-order valence-corrected chi connectivity index (χ3v) is 3.22. The first-order valence-electron chi connectivity index (χ1n) is 7.09. The Labute approximate surface area is 127 Å². The standard InChI is InChI=1S/C15H17N3O4/c1-2-18-9-11(8-17-18)15(19)16-5-6-20-12-3-4-13-14(7-12)22-10-21-13/h3-4,7-9H,2,5-6,10H2,1H3,(H,16,19). The lowest BCUT2D eigenvalue weighted by Gasteiger charge is -2.07. The Morgan fingerprint density at radius 1 is 1.41 bits per heavy atom. The molecule has 2 aromatic rings. The number of amides is 1. The topological polar surface area (TPSA) is 74.6 Å². The van der Waals surface area contributed by atoms with Gasteiger partial charge >= 0.3 is 0 Å². The van der Waals surface area contributed by atoms with Gasteiger partial charge in [0.25, 0.3) is 5.91 Å². The van der Waals surface area contributed by atoms with Gasteiger partial charge in [-0.05, 0) is 19.1 Å². The number of nitrogens with one attached hydrogen (secondary N) is 1. The Morgan fingerprint density at radius 2 is 2.27 bits per heavy atom. The van der Waals surface area contributed by atoms with Gasteiger partial charge in [-0.15, -0.1) is 0 Å². The van der Waals surface area contributed by atoms with E-state index in [4.69, 9.17) is 14.2 Å². The van der Waals surface area contributed by atoms with Crippen molar-refractivity contribution in [3.05, 3.63) is 36.2 Å². The van der Waals surface area contributed by atoms with Crippen LogP contribution in [0.2, 0.25) is 0 Å². The highest BCUT2D eigenvalue weighted by atomic mass is 16.7. The summed E-state index contributed by atoms with van der Waals surface area (Å²) < 4.78 is 17.8. The minimum absolute atomic E-state index is 0.158. The molecule has 22 heavy (non-hydrogen) atoms. The number of fused-ring (bicyclic) bond motifs is 1. The van der Waals surface area contributed by atoms with E-state index in [-0.39, 0.29) is 12.7 Å². The summed E-state index contributed by atoms with van der Waals surface area (Å²) >= 11 is 0. The van der Waals surface area contributed by atoms with Gasteiger partial charge in [0.2, 0.25) is 6.79 Å². The number of aryl methyl sites for hydroxylation is 1. The lowest BCUT2D eigenvalue weighted by Crippen LogP contribution is -2.27. The average molecular weight is 303 g/mol. The van der Waals surface area contributed by atoms with E-state index in [1.165, 1.54) is 0 Å². The normalized spacial score (nSPS) is 12.2. The van der Waals surface area contributed by atoms with E-state index in [9.17, 15) is 4.79 Å². The summed E-state index contributed by atoms with van der Waals surface area (Å²) in [5.41, 5.74) is 0.546. The SMILES string of the molecule is CCn1cc(C(=O)NCCOc2ccc3c(c2)OCO3)cn1. The quantitative estimate of drug-likeness (QED) is 0.817. The van der Waals surface area contributed by atoms with Crippen molar-refractivity contribution < 1.29 is 19.0 Å². The lowest BCUT2D eigenvalue weighted by molar-refractivity contribution is 0.0947. The average Bonchev–Trinajstić information content (AvgIpc) is 3.19. The molecule has 1 aliphatic heterocycles. The third-order valence-electron chi connectivity index (χ3n) is 3.22. The van der Waals surface area contributed by atoms with E-state index in [0.717, 1.165) is 6.54 Å². The molecule has 0 radical (unpaired) electrons. The van der Waals surface area contributed by atoms with Crippen LogP contribution in [0.3, 0.4) is 0 Å². The molecule has 1 aromatic heterocycles. The number of carbonyl (C=O) groups excluding carboxylic acids is 1. The van der Waals surface area contributed by atoms with Gasteiger partial charge in [-0.2, -0.15) is 5.10 Å². The fourth-order valence-corrected chi connectivity index (χ4v) is 2.06. The monoisotopic (exact) mass is 303 g/mol. The second-order valence-electron chi connectivity index (χ2n) is 4.70. The molecule has 1 N–H and O–H groups in total. The van der Waals surface area contributed by atoms with Crippen molar-refractivity contribution in [1.29, 1.82) is 0 Å². The fourth-order valence-electron chi connectivity index (χ4n) is 2.06. The lowest BCUT2D eigenvalue weighted by atomic mass is 10.3. The molecule has 2 heterocycles. The summed E-state index contributed by atoms with van der Waals surface area (Å²) in [4.78, 5) is 11.9. The van der Waals surface area contributed by atoms with Crippen molar-refractivity contribution in [1.82, 2.24) is 15.1 Å².